The number of hydrogen-bond donors (Lipinski definition) is 0. The van der Waals surface area contributed by atoms with Gasteiger partial charge >= 0.3 is 0 Å². The monoisotopic (exact) mass is 300 g/mol. The molecule has 3 rings (SSSR count). The lowest BCUT2D eigenvalue weighted by atomic mass is 9.92. The van der Waals surface area contributed by atoms with Crippen LogP contribution in [0.1, 0.15) is 38.2 Å². The van der Waals surface area contributed by atoms with E-state index >= 15 is 0 Å². The topological polar surface area (TPSA) is 18.5 Å². The minimum absolute atomic E-state index is 0.0469. The Labute approximate surface area is 134 Å². The first kappa shape index (κ1) is 15.8. The van der Waals surface area contributed by atoms with E-state index in [1.165, 1.54) is 31.2 Å². The molecule has 2 aliphatic rings. The lowest BCUT2D eigenvalue weighted by Gasteiger charge is -2.19. The summed E-state index contributed by atoms with van der Waals surface area (Å²) in [4.78, 5) is 0. The van der Waals surface area contributed by atoms with Crippen molar-refractivity contribution in [2.24, 2.45) is 17.8 Å². The van der Waals surface area contributed by atoms with Gasteiger partial charge in [0.15, 0.2) is 6.29 Å². The second-order valence-corrected chi connectivity index (χ2v) is 6.72. The van der Waals surface area contributed by atoms with Crippen molar-refractivity contribution in [3.8, 4) is 0 Å². The molecule has 22 heavy (non-hydrogen) atoms. The fourth-order valence-electron chi connectivity index (χ4n) is 4.07. The fourth-order valence-corrected chi connectivity index (χ4v) is 4.07. The second-order valence-electron chi connectivity index (χ2n) is 6.72. The van der Waals surface area contributed by atoms with Crippen LogP contribution in [0.5, 0.6) is 0 Å². The largest absolute Gasteiger partial charge is 0.350 e. The lowest BCUT2D eigenvalue weighted by Crippen LogP contribution is -2.16. The zero-order valence-corrected chi connectivity index (χ0v) is 13.6. The molecule has 1 saturated heterocycles. The summed E-state index contributed by atoms with van der Waals surface area (Å²) >= 11 is 0. The molecular weight excluding hydrogens is 272 g/mol. The summed E-state index contributed by atoms with van der Waals surface area (Å²) in [6, 6.07) is 10.9. The van der Waals surface area contributed by atoms with Crippen molar-refractivity contribution in [2.45, 2.75) is 45.3 Å². The summed E-state index contributed by atoms with van der Waals surface area (Å²) in [7, 11) is 0. The minimum atomic E-state index is 0.0469. The van der Waals surface area contributed by atoms with Gasteiger partial charge in [0.2, 0.25) is 0 Å². The Morgan fingerprint density at radius 3 is 2.59 bits per heavy atom. The Bertz CT molecular complexity index is 462. The van der Waals surface area contributed by atoms with E-state index in [1.807, 2.05) is 0 Å². The van der Waals surface area contributed by atoms with Crippen LogP contribution in [0.4, 0.5) is 0 Å². The van der Waals surface area contributed by atoms with Crippen molar-refractivity contribution in [3.63, 3.8) is 0 Å². The number of aryl methyl sites for hydroxylation is 1. The Balaban J connectivity index is 1.53. The van der Waals surface area contributed by atoms with E-state index in [-0.39, 0.29) is 6.29 Å². The SMILES string of the molecule is C/C=C\[C@@H]1CC(CCc2ccccc2)C[C@@H]1CC1OCCO1. The molecule has 0 N–H and O–H groups in total. The molecule has 0 amide bonds. The van der Waals surface area contributed by atoms with Crippen LogP contribution in [0.25, 0.3) is 0 Å². The average molecular weight is 300 g/mol. The van der Waals surface area contributed by atoms with Crippen LogP contribution in [-0.2, 0) is 15.9 Å². The second kappa shape index (κ2) is 7.94. The maximum absolute atomic E-state index is 5.66. The van der Waals surface area contributed by atoms with E-state index in [4.69, 9.17) is 9.47 Å². The third-order valence-electron chi connectivity index (χ3n) is 5.16. The first-order valence-corrected chi connectivity index (χ1v) is 8.75. The molecule has 1 aliphatic carbocycles. The van der Waals surface area contributed by atoms with Crippen LogP contribution >= 0.6 is 0 Å². The van der Waals surface area contributed by atoms with Gasteiger partial charge in [0.1, 0.15) is 0 Å². The van der Waals surface area contributed by atoms with Crippen LogP contribution in [0.3, 0.4) is 0 Å². The van der Waals surface area contributed by atoms with Crippen LogP contribution in [-0.4, -0.2) is 19.5 Å². The summed E-state index contributed by atoms with van der Waals surface area (Å²) in [6.45, 7) is 3.67. The Morgan fingerprint density at radius 1 is 1.09 bits per heavy atom. The van der Waals surface area contributed by atoms with Gasteiger partial charge in [-0.25, -0.2) is 0 Å². The van der Waals surface area contributed by atoms with Crippen molar-refractivity contribution in [1.82, 2.24) is 0 Å². The predicted molar refractivity (Wildman–Crippen MR) is 89.6 cm³/mol. The molecule has 2 fully saturated rings. The van der Waals surface area contributed by atoms with E-state index in [0.717, 1.165) is 31.5 Å². The summed E-state index contributed by atoms with van der Waals surface area (Å²) in [5.74, 6) is 2.27. The Kier molecular flexibility index (Phi) is 5.69. The fraction of sp³-hybridized carbons (Fsp3) is 0.600. The van der Waals surface area contributed by atoms with Crippen molar-refractivity contribution in [1.29, 1.82) is 0 Å². The molecule has 1 saturated carbocycles. The van der Waals surface area contributed by atoms with Crippen LogP contribution < -0.4 is 0 Å². The molecule has 0 bridgehead atoms. The van der Waals surface area contributed by atoms with Gasteiger partial charge in [0.25, 0.3) is 0 Å². The molecule has 1 aromatic carbocycles. The normalized spacial score (nSPS) is 29.6. The molecular formula is C20H28O2. The number of benzene rings is 1. The van der Waals surface area contributed by atoms with Crippen LogP contribution in [0.15, 0.2) is 42.5 Å². The van der Waals surface area contributed by atoms with Gasteiger partial charge in [-0.2, -0.15) is 0 Å². The molecule has 0 aromatic heterocycles. The highest BCUT2D eigenvalue weighted by molar-refractivity contribution is 5.14. The van der Waals surface area contributed by atoms with E-state index in [1.54, 1.807) is 0 Å². The molecule has 120 valence electrons. The molecule has 2 nitrogen and oxygen atoms in total. The first-order valence-electron chi connectivity index (χ1n) is 8.75. The van der Waals surface area contributed by atoms with Gasteiger partial charge in [-0.15, -0.1) is 0 Å². The molecule has 1 aromatic rings. The van der Waals surface area contributed by atoms with E-state index in [0.29, 0.717) is 5.92 Å². The molecule has 1 unspecified atom stereocenters. The van der Waals surface area contributed by atoms with Gasteiger partial charge in [-0.1, -0.05) is 42.5 Å². The predicted octanol–water partition coefficient (Wildman–Crippen LogP) is 4.60. The van der Waals surface area contributed by atoms with E-state index < -0.39 is 0 Å². The highest BCUT2D eigenvalue weighted by atomic mass is 16.7. The lowest BCUT2D eigenvalue weighted by molar-refractivity contribution is -0.0588. The third kappa shape index (κ3) is 4.21. The number of hydrogen-bond acceptors (Lipinski definition) is 2. The van der Waals surface area contributed by atoms with Crippen molar-refractivity contribution in [3.05, 3.63) is 48.0 Å². The van der Waals surface area contributed by atoms with Crippen molar-refractivity contribution >= 4 is 0 Å². The van der Waals surface area contributed by atoms with Gasteiger partial charge in [0, 0.05) is 6.42 Å². The average Bonchev–Trinajstić information content (AvgIpc) is 3.18. The van der Waals surface area contributed by atoms with E-state index in [2.05, 4.69) is 49.4 Å². The quantitative estimate of drug-likeness (QED) is 0.715. The maximum atomic E-state index is 5.66. The smallest absolute Gasteiger partial charge is 0.158 e. The molecule has 1 aliphatic heterocycles. The molecule has 0 spiro atoms. The third-order valence-corrected chi connectivity index (χ3v) is 5.16. The summed E-state index contributed by atoms with van der Waals surface area (Å²) < 4.78 is 11.3. The van der Waals surface area contributed by atoms with E-state index in [9.17, 15) is 0 Å². The molecule has 1 heterocycles. The van der Waals surface area contributed by atoms with Crippen molar-refractivity contribution < 1.29 is 9.47 Å². The van der Waals surface area contributed by atoms with Crippen LogP contribution in [0, 0.1) is 17.8 Å². The summed E-state index contributed by atoms with van der Waals surface area (Å²) in [5, 5.41) is 0. The van der Waals surface area contributed by atoms with Crippen molar-refractivity contribution in [2.75, 3.05) is 13.2 Å². The van der Waals surface area contributed by atoms with Crippen LogP contribution in [0.2, 0.25) is 0 Å². The highest BCUT2D eigenvalue weighted by Crippen LogP contribution is 2.42. The summed E-state index contributed by atoms with van der Waals surface area (Å²) in [6.07, 6.45) is 10.9. The highest BCUT2D eigenvalue weighted by Gasteiger charge is 2.35. The van der Waals surface area contributed by atoms with Gasteiger partial charge in [-0.05, 0) is 55.9 Å². The number of rotatable bonds is 6. The zero-order valence-electron chi connectivity index (χ0n) is 13.6. The minimum Gasteiger partial charge on any atom is -0.350 e. The zero-order chi connectivity index (χ0) is 15.2. The molecule has 3 atom stereocenters. The van der Waals surface area contributed by atoms with Gasteiger partial charge in [0.05, 0.1) is 13.2 Å². The van der Waals surface area contributed by atoms with Gasteiger partial charge < -0.3 is 9.47 Å². The first-order chi connectivity index (χ1) is 10.8. The molecule has 0 radical (unpaired) electrons. The standard InChI is InChI=1S/C20H28O2/c1-2-6-18-13-17(10-9-16-7-4-3-5-8-16)14-19(18)15-20-21-11-12-22-20/h2-8,17-20H,9-15H2,1H3/b6-2-/t17?,18-,19-/m1/s1. The maximum Gasteiger partial charge on any atom is 0.158 e. The Hall–Kier alpha value is -1.12. The van der Waals surface area contributed by atoms with Gasteiger partial charge in [-0.3, -0.25) is 0 Å². The Morgan fingerprint density at radius 2 is 1.86 bits per heavy atom. The number of allylic oxidation sites excluding steroid dienone is 2. The summed E-state index contributed by atoms with van der Waals surface area (Å²) in [5.41, 5.74) is 1.47. The molecule has 2 heteroatoms. The number of ether oxygens (including phenoxy) is 2.